The minimum Gasteiger partial charge on any atom is -0.478 e. The Morgan fingerprint density at radius 3 is 2.64 bits per heavy atom. The van der Waals surface area contributed by atoms with Crippen LogP contribution in [0.1, 0.15) is 49.9 Å². The van der Waals surface area contributed by atoms with E-state index in [2.05, 4.69) is 17.0 Å². The van der Waals surface area contributed by atoms with Crippen molar-refractivity contribution in [3.8, 4) is 0 Å². The molecule has 0 radical (unpaired) electrons. The molecule has 0 aromatic heterocycles. The Labute approximate surface area is 131 Å². The SMILES string of the molecule is CCCC(C)Nc1ccc(C(=O)O)cc1S(=O)(=O)NC1CC1. The van der Waals surface area contributed by atoms with Gasteiger partial charge in [0.2, 0.25) is 10.0 Å². The fourth-order valence-corrected chi connectivity index (χ4v) is 3.75. The van der Waals surface area contributed by atoms with Crippen LogP contribution in [0.25, 0.3) is 0 Å². The molecule has 0 heterocycles. The van der Waals surface area contributed by atoms with Crippen LogP contribution in [0.3, 0.4) is 0 Å². The quantitative estimate of drug-likeness (QED) is 0.682. The van der Waals surface area contributed by atoms with Crippen molar-refractivity contribution in [1.29, 1.82) is 0 Å². The monoisotopic (exact) mass is 326 g/mol. The lowest BCUT2D eigenvalue weighted by Gasteiger charge is -2.18. The van der Waals surface area contributed by atoms with Gasteiger partial charge in [0.15, 0.2) is 0 Å². The van der Waals surface area contributed by atoms with E-state index >= 15 is 0 Å². The number of aromatic carboxylic acids is 1. The van der Waals surface area contributed by atoms with Gasteiger partial charge in [-0.1, -0.05) is 13.3 Å². The summed E-state index contributed by atoms with van der Waals surface area (Å²) in [5.41, 5.74) is 0.406. The van der Waals surface area contributed by atoms with Gasteiger partial charge in [-0.3, -0.25) is 0 Å². The van der Waals surface area contributed by atoms with Crippen LogP contribution in [0.4, 0.5) is 5.69 Å². The van der Waals surface area contributed by atoms with Crippen LogP contribution in [0.15, 0.2) is 23.1 Å². The van der Waals surface area contributed by atoms with E-state index in [0.29, 0.717) is 5.69 Å². The highest BCUT2D eigenvalue weighted by molar-refractivity contribution is 7.89. The molecule has 0 spiro atoms. The van der Waals surface area contributed by atoms with Crippen LogP contribution in [-0.2, 0) is 10.0 Å². The molecule has 1 aromatic carbocycles. The molecular weight excluding hydrogens is 304 g/mol. The molecule has 1 atom stereocenters. The third-order valence-electron chi connectivity index (χ3n) is 3.54. The minimum absolute atomic E-state index is 0.00209. The minimum atomic E-state index is -3.72. The number of sulfonamides is 1. The average Bonchev–Trinajstić information content (AvgIpc) is 3.22. The Morgan fingerprint density at radius 1 is 1.41 bits per heavy atom. The summed E-state index contributed by atoms with van der Waals surface area (Å²) >= 11 is 0. The number of carbonyl (C=O) groups is 1. The van der Waals surface area contributed by atoms with Crippen molar-refractivity contribution in [1.82, 2.24) is 4.72 Å². The molecule has 22 heavy (non-hydrogen) atoms. The first-order chi connectivity index (χ1) is 10.3. The molecule has 1 aliphatic carbocycles. The summed E-state index contributed by atoms with van der Waals surface area (Å²) < 4.78 is 27.5. The van der Waals surface area contributed by atoms with Gasteiger partial charge in [-0.05, 0) is 44.4 Å². The first-order valence-corrected chi connectivity index (χ1v) is 8.98. The van der Waals surface area contributed by atoms with Gasteiger partial charge in [0.1, 0.15) is 4.90 Å². The van der Waals surface area contributed by atoms with E-state index in [1.54, 1.807) is 0 Å². The number of carboxylic acids is 1. The fourth-order valence-electron chi connectivity index (χ4n) is 2.25. The van der Waals surface area contributed by atoms with Crippen molar-refractivity contribution in [3.05, 3.63) is 23.8 Å². The molecule has 1 unspecified atom stereocenters. The lowest BCUT2D eigenvalue weighted by Crippen LogP contribution is -2.27. The van der Waals surface area contributed by atoms with Crippen LogP contribution in [0.5, 0.6) is 0 Å². The second kappa shape index (κ2) is 6.66. The zero-order chi connectivity index (χ0) is 16.3. The summed E-state index contributed by atoms with van der Waals surface area (Å²) in [6, 6.07) is 4.24. The maximum atomic E-state index is 12.5. The summed E-state index contributed by atoms with van der Waals surface area (Å²) in [4.78, 5) is 11.1. The lowest BCUT2D eigenvalue weighted by atomic mass is 10.1. The van der Waals surface area contributed by atoms with Crippen LogP contribution in [0, 0.1) is 0 Å². The number of hydrogen-bond donors (Lipinski definition) is 3. The Kier molecular flexibility index (Phi) is 5.08. The van der Waals surface area contributed by atoms with Gasteiger partial charge < -0.3 is 10.4 Å². The fraction of sp³-hybridized carbons (Fsp3) is 0.533. The van der Waals surface area contributed by atoms with Gasteiger partial charge in [-0.15, -0.1) is 0 Å². The van der Waals surface area contributed by atoms with E-state index in [1.807, 2.05) is 6.92 Å². The highest BCUT2D eigenvalue weighted by Crippen LogP contribution is 2.28. The number of nitrogens with one attached hydrogen (secondary N) is 2. The van der Waals surface area contributed by atoms with Gasteiger partial charge in [-0.2, -0.15) is 0 Å². The molecule has 0 saturated heterocycles. The first kappa shape index (κ1) is 16.8. The molecule has 3 N–H and O–H groups in total. The maximum absolute atomic E-state index is 12.5. The van der Waals surface area contributed by atoms with Gasteiger partial charge >= 0.3 is 5.97 Å². The first-order valence-electron chi connectivity index (χ1n) is 7.49. The standard InChI is InChI=1S/C15H22N2O4S/c1-3-4-10(2)16-13-8-5-11(15(18)19)9-14(13)22(20,21)17-12-6-7-12/h5,8-10,12,16-17H,3-4,6-7H2,1-2H3,(H,18,19). The Hall–Kier alpha value is -1.60. The summed E-state index contributed by atoms with van der Waals surface area (Å²) in [6.07, 6.45) is 3.53. The van der Waals surface area contributed by atoms with Gasteiger partial charge in [0.05, 0.1) is 11.3 Å². The molecule has 0 aliphatic heterocycles. The van der Waals surface area contributed by atoms with E-state index in [4.69, 9.17) is 5.11 Å². The van der Waals surface area contributed by atoms with E-state index < -0.39 is 16.0 Å². The summed E-state index contributed by atoms with van der Waals surface area (Å²) in [5.74, 6) is -1.14. The molecule has 6 nitrogen and oxygen atoms in total. The zero-order valence-corrected chi connectivity index (χ0v) is 13.6. The molecule has 1 aliphatic rings. The topological polar surface area (TPSA) is 95.5 Å². The molecule has 1 fully saturated rings. The van der Waals surface area contributed by atoms with Crippen LogP contribution < -0.4 is 10.0 Å². The van der Waals surface area contributed by atoms with Crippen molar-refractivity contribution in [2.75, 3.05) is 5.32 Å². The number of carboxylic acid groups (broad SMARTS) is 1. The zero-order valence-electron chi connectivity index (χ0n) is 12.8. The number of anilines is 1. The van der Waals surface area contributed by atoms with E-state index in [9.17, 15) is 13.2 Å². The normalized spacial score (nSPS) is 16.3. The Morgan fingerprint density at radius 2 is 2.09 bits per heavy atom. The van der Waals surface area contributed by atoms with Crippen molar-refractivity contribution in [2.45, 2.75) is 56.5 Å². The largest absolute Gasteiger partial charge is 0.478 e. The summed E-state index contributed by atoms with van der Waals surface area (Å²) in [7, 11) is -3.72. The molecule has 1 aromatic rings. The molecule has 7 heteroatoms. The molecule has 122 valence electrons. The predicted octanol–water partition coefficient (Wildman–Crippen LogP) is 2.43. The second-order valence-corrected chi connectivity index (χ2v) is 7.43. The van der Waals surface area contributed by atoms with Gasteiger partial charge in [0.25, 0.3) is 0 Å². The summed E-state index contributed by atoms with van der Waals surface area (Å²) in [5, 5.41) is 12.3. The number of rotatable bonds is 8. The molecule has 0 amide bonds. The summed E-state index contributed by atoms with van der Waals surface area (Å²) in [6.45, 7) is 4.03. The third kappa shape index (κ3) is 4.20. The van der Waals surface area contributed by atoms with Crippen molar-refractivity contribution in [2.24, 2.45) is 0 Å². The Balaban J connectivity index is 2.37. The number of hydrogen-bond acceptors (Lipinski definition) is 4. The van der Waals surface area contributed by atoms with Crippen LogP contribution in [-0.4, -0.2) is 31.6 Å². The molecule has 1 saturated carbocycles. The van der Waals surface area contributed by atoms with Crippen molar-refractivity contribution in [3.63, 3.8) is 0 Å². The Bertz CT molecular complexity index is 654. The van der Waals surface area contributed by atoms with Crippen molar-refractivity contribution < 1.29 is 18.3 Å². The number of benzene rings is 1. The molecule has 0 bridgehead atoms. The van der Waals surface area contributed by atoms with Crippen molar-refractivity contribution >= 4 is 21.7 Å². The van der Waals surface area contributed by atoms with Crippen LogP contribution in [0.2, 0.25) is 0 Å². The maximum Gasteiger partial charge on any atom is 0.335 e. The van der Waals surface area contributed by atoms with Crippen LogP contribution >= 0.6 is 0 Å². The highest BCUT2D eigenvalue weighted by atomic mass is 32.2. The van der Waals surface area contributed by atoms with E-state index in [1.165, 1.54) is 18.2 Å². The van der Waals surface area contributed by atoms with E-state index in [-0.39, 0.29) is 22.5 Å². The van der Waals surface area contributed by atoms with Gasteiger partial charge in [-0.25, -0.2) is 17.9 Å². The second-order valence-electron chi connectivity index (χ2n) is 5.75. The van der Waals surface area contributed by atoms with Gasteiger partial charge in [0, 0.05) is 12.1 Å². The predicted molar refractivity (Wildman–Crippen MR) is 84.7 cm³/mol. The highest BCUT2D eigenvalue weighted by Gasteiger charge is 2.30. The average molecular weight is 326 g/mol. The molecule has 2 rings (SSSR count). The molecular formula is C15H22N2O4S. The lowest BCUT2D eigenvalue weighted by molar-refractivity contribution is 0.0696. The smallest absolute Gasteiger partial charge is 0.335 e. The third-order valence-corrected chi connectivity index (χ3v) is 5.10. The van der Waals surface area contributed by atoms with E-state index in [0.717, 1.165) is 25.7 Å².